The number of halogens is 2. The Kier molecular flexibility index (Phi) is 9.02. The molecule has 19 heavy (non-hydrogen) atoms. The van der Waals surface area contributed by atoms with Crippen LogP contribution in [0.1, 0.15) is 27.2 Å². The van der Waals surface area contributed by atoms with E-state index >= 15 is 0 Å². The molecule has 0 aliphatic heterocycles. The molecule has 1 unspecified atom stereocenters. The van der Waals surface area contributed by atoms with E-state index in [0.717, 1.165) is 5.57 Å². The number of carbonyl (C=O) groups is 2. The van der Waals surface area contributed by atoms with Gasteiger partial charge in [0.05, 0.1) is 11.3 Å². The highest BCUT2D eigenvalue weighted by molar-refractivity contribution is 9.09. The number of ketones is 1. The Labute approximate surface area is 128 Å². The Morgan fingerprint density at radius 2 is 2.00 bits per heavy atom. The summed E-state index contributed by atoms with van der Waals surface area (Å²) in [4.78, 5) is 22.3. The van der Waals surface area contributed by atoms with Crippen LogP contribution in [0.2, 0.25) is 0 Å². The van der Waals surface area contributed by atoms with Crippen molar-refractivity contribution in [2.45, 2.75) is 27.2 Å². The van der Waals surface area contributed by atoms with Crippen LogP contribution in [0.25, 0.3) is 0 Å². The molecule has 3 nitrogen and oxygen atoms in total. The first-order valence-electron chi connectivity index (χ1n) is 5.97. The molecular formula is C14H20BrClO3. The Hall–Kier alpha value is -0.610. The van der Waals surface area contributed by atoms with Crippen LogP contribution in [-0.4, -0.2) is 29.6 Å². The molecular weight excluding hydrogens is 332 g/mol. The van der Waals surface area contributed by atoms with Crippen LogP contribution in [0.3, 0.4) is 0 Å². The highest BCUT2D eigenvalue weighted by Gasteiger charge is 2.27. The molecule has 0 bridgehead atoms. The van der Waals surface area contributed by atoms with Gasteiger partial charge in [0, 0.05) is 12.3 Å². The molecule has 1 atom stereocenters. The second-order valence-electron chi connectivity index (χ2n) is 4.57. The second kappa shape index (κ2) is 9.32. The molecule has 0 N–H and O–H groups in total. The van der Waals surface area contributed by atoms with Crippen molar-refractivity contribution in [1.29, 1.82) is 0 Å². The van der Waals surface area contributed by atoms with Gasteiger partial charge in [-0.15, -0.1) is 11.6 Å². The van der Waals surface area contributed by atoms with E-state index in [1.54, 1.807) is 0 Å². The van der Waals surface area contributed by atoms with Gasteiger partial charge in [-0.25, -0.2) is 0 Å². The molecule has 0 heterocycles. The van der Waals surface area contributed by atoms with Crippen molar-refractivity contribution in [3.63, 3.8) is 0 Å². The largest absolute Gasteiger partial charge is 0.462 e. The molecule has 0 amide bonds. The fourth-order valence-corrected chi connectivity index (χ4v) is 2.06. The number of hydrogen-bond donors (Lipinski definition) is 0. The minimum atomic E-state index is -0.572. The number of rotatable bonds is 8. The maximum Gasteiger partial charge on any atom is 0.302 e. The first-order chi connectivity index (χ1) is 8.85. The van der Waals surface area contributed by atoms with Crippen molar-refractivity contribution in [2.24, 2.45) is 5.41 Å². The van der Waals surface area contributed by atoms with E-state index in [0.29, 0.717) is 11.8 Å². The van der Waals surface area contributed by atoms with Crippen LogP contribution in [0.5, 0.6) is 0 Å². The van der Waals surface area contributed by atoms with E-state index in [-0.39, 0.29) is 24.2 Å². The standard InChI is InChI=1S/C14H20BrClO3/c1-11(6-8-19-12(2)17)5-4-7-14(3,10-15)13(18)9-16/h4,6-7H,5,8-10H2,1-3H3. The maximum absolute atomic E-state index is 11.7. The van der Waals surface area contributed by atoms with Gasteiger partial charge in [0.2, 0.25) is 0 Å². The molecule has 0 aromatic rings. The number of alkyl halides is 2. The number of esters is 1. The molecule has 0 radical (unpaired) electrons. The minimum Gasteiger partial charge on any atom is -0.462 e. The minimum absolute atomic E-state index is 0.00765. The van der Waals surface area contributed by atoms with Crippen LogP contribution >= 0.6 is 27.5 Å². The van der Waals surface area contributed by atoms with E-state index < -0.39 is 5.41 Å². The summed E-state index contributed by atoms with van der Waals surface area (Å²) in [6, 6.07) is 0. The number of hydrogen-bond acceptors (Lipinski definition) is 3. The number of ether oxygens (including phenoxy) is 1. The molecule has 0 saturated heterocycles. The zero-order valence-electron chi connectivity index (χ0n) is 11.5. The average Bonchev–Trinajstić information content (AvgIpc) is 2.37. The lowest BCUT2D eigenvalue weighted by atomic mass is 9.88. The van der Waals surface area contributed by atoms with Crippen LogP contribution in [-0.2, 0) is 14.3 Å². The monoisotopic (exact) mass is 350 g/mol. The number of allylic oxidation sites excluding steroid dienone is 3. The van der Waals surface area contributed by atoms with Gasteiger partial charge in [-0.1, -0.05) is 33.7 Å². The molecule has 0 fully saturated rings. The summed E-state index contributed by atoms with van der Waals surface area (Å²) in [7, 11) is 0. The van der Waals surface area contributed by atoms with Crippen molar-refractivity contribution >= 4 is 39.3 Å². The molecule has 0 spiro atoms. The van der Waals surface area contributed by atoms with Crippen molar-refractivity contribution in [3.8, 4) is 0 Å². The number of Topliss-reactive ketones (excluding diaryl/α,β-unsaturated/α-hetero) is 1. The topological polar surface area (TPSA) is 43.4 Å². The third kappa shape index (κ3) is 7.53. The van der Waals surface area contributed by atoms with Crippen LogP contribution in [0, 0.1) is 5.41 Å². The van der Waals surface area contributed by atoms with Gasteiger partial charge in [0.25, 0.3) is 0 Å². The predicted octanol–water partition coefficient (Wildman–Crippen LogP) is 3.65. The first-order valence-corrected chi connectivity index (χ1v) is 7.63. The van der Waals surface area contributed by atoms with Crippen LogP contribution < -0.4 is 0 Å². The van der Waals surface area contributed by atoms with E-state index in [9.17, 15) is 9.59 Å². The fraction of sp³-hybridized carbons (Fsp3) is 0.571. The van der Waals surface area contributed by atoms with Crippen LogP contribution in [0.4, 0.5) is 0 Å². The predicted molar refractivity (Wildman–Crippen MR) is 81.8 cm³/mol. The highest BCUT2D eigenvalue weighted by Crippen LogP contribution is 2.24. The molecule has 108 valence electrons. The zero-order chi connectivity index (χ0) is 14.9. The SMILES string of the molecule is CC(=O)OCC=C(C)CC=CC(C)(CBr)C(=O)CCl. The summed E-state index contributed by atoms with van der Waals surface area (Å²) in [6.07, 6.45) is 6.36. The lowest BCUT2D eigenvalue weighted by Crippen LogP contribution is -2.28. The Morgan fingerprint density at radius 3 is 2.47 bits per heavy atom. The van der Waals surface area contributed by atoms with E-state index in [2.05, 4.69) is 15.9 Å². The first kappa shape index (κ1) is 18.4. The third-order valence-corrected chi connectivity index (χ3v) is 4.09. The van der Waals surface area contributed by atoms with Crippen LogP contribution in [0.15, 0.2) is 23.8 Å². The molecule has 0 aliphatic carbocycles. The summed E-state index contributed by atoms with van der Waals surface area (Å²) >= 11 is 8.93. The van der Waals surface area contributed by atoms with Gasteiger partial charge in [-0.3, -0.25) is 9.59 Å². The number of carbonyl (C=O) groups excluding carboxylic acids is 2. The van der Waals surface area contributed by atoms with Crippen molar-refractivity contribution in [2.75, 3.05) is 17.8 Å². The van der Waals surface area contributed by atoms with E-state index in [4.69, 9.17) is 16.3 Å². The van der Waals surface area contributed by atoms with E-state index in [1.807, 2.05) is 32.1 Å². The van der Waals surface area contributed by atoms with Crippen molar-refractivity contribution in [1.82, 2.24) is 0 Å². The lowest BCUT2D eigenvalue weighted by molar-refractivity contribution is -0.139. The van der Waals surface area contributed by atoms with Gasteiger partial charge >= 0.3 is 5.97 Å². The summed E-state index contributed by atoms with van der Waals surface area (Å²) in [5, 5.41) is 0.540. The van der Waals surface area contributed by atoms with Gasteiger partial charge < -0.3 is 4.74 Å². The molecule has 5 heteroatoms. The smallest absolute Gasteiger partial charge is 0.302 e. The third-order valence-electron chi connectivity index (χ3n) is 2.68. The van der Waals surface area contributed by atoms with E-state index in [1.165, 1.54) is 6.92 Å². The lowest BCUT2D eigenvalue weighted by Gasteiger charge is -2.20. The fourth-order valence-electron chi connectivity index (χ4n) is 1.25. The summed E-state index contributed by atoms with van der Waals surface area (Å²) in [5.74, 6) is -0.295. The molecule has 0 rings (SSSR count). The van der Waals surface area contributed by atoms with Crippen molar-refractivity contribution < 1.29 is 14.3 Å². The van der Waals surface area contributed by atoms with Gasteiger partial charge in [0.15, 0.2) is 5.78 Å². The normalized spacial score (nSPS) is 15.3. The van der Waals surface area contributed by atoms with Crippen molar-refractivity contribution in [3.05, 3.63) is 23.8 Å². The summed E-state index contributed by atoms with van der Waals surface area (Å²) < 4.78 is 4.82. The highest BCUT2D eigenvalue weighted by atomic mass is 79.9. The van der Waals surface area contributed by atoms with Gasteiger partial charge in [-0.2, -0.15) is 0 Å². The second-order valence-corrected chi connectivity index (χ2v) is 5.40. The molecule has 0 saturated carbocycles. The van der Waals surface area contributed by atoms with Gasteiger partial charge in [-0.05, 0) is 26.3 Å². The maximum atomic E-state index is 11.7. The summed E-state index contributed by atoms with van der Waals surface area (Å²) in [5.41, 5.74) is 0.505. The molecule has 0 aliphatic rings. The quantitative estimate of drug-likeness (QED) is 0.381. The Morgan fingerprint density at radius 1 is 1.37 bits per heavy atom. The molecule has 0 aromatic heterocycles. The summed E-state index contributed by atoms with van der Waals surface area (Å²) in [6.45, 7) is 5.46. The molecule has 0 aromatic carbocycles. The van der Waals surface area contributed by atoms with Gasteiger partial charge in [0.1, 0.15) is 6.61 Å². The average molecular weight is 352 g/mol. The Bertz CT molecular complexity index is 377. The Balaban J connectivity index is 4.40. The zero-order valence-corrected chi connectivity index (χ0v) is 13.9.